The van der Waals surface area contributed by atoms with Crippen LogP contribution < -0.4 is 5.32 Å². The van der Waals surface area contributed by atoms with Gasteiger partial charge in [0, 0.05) is 19.2 Å². The highest BCUT2D eigenvalue weighted by Crippen LogP contribution is 2.17. The molecule has 0 aromatic carbocycles. The zero-order valence-electron chi connectivity index (χ0n) is 7.09. The van der Waals surface area contributed by atoms with Crippen molar-refractivity contribution < 1.29 is 0 Å². The van der Waals surface area contributed by atoms with Gasteiger partial charge in [-0.05, 0) is 12.1 Å². The van der Waals surface area contributed by atoms with Crippen LogP contribution in [0.15, 0.2) is 18.3 Å². The van der Waals surface area contributed by atoms with Gasteiger partial charge >= 0.3 is 0 Å². The molecular formula is C9H14N2. The standard InChI is InChI=1S/C7H8N2.C2H6/c1-2-6-7(8-4-1)3-5-9-6;1-2/h1-2,4,9H,3,5H2;1-2H3. The molecule has 1 aromatic heterocycles. The van der Waals surface area contributed by atoms with Gasteiger partial charge in [0.05, 0.1) is 11.4 Å². The normalized spacial score (nSPS) is 12.5. The molecule has 1 aliphatic rings. The van der Waals surface area contributed by atoms with E-state index in [-0.39, 0.29) is 0 Å². The van der Waals surface area contributed by atoms with Crippen molar-refractivity contribution in [3.05, 3.63) is 24.0 Å². The topological polar surface area (TPSA) is 24.9 Å². The molecule has 0 radical (unpaired) electrons. The highest BCUT2D eigenvalue weighted by Gasteiger charge is 2.07. The number of nitrogens with one attached hydrogen (secondary N) is 1. The molecule has 0 atom stereocenters. The number of pyridine rings is 1. The van der Waals surface area contributed by atoms with Gasteiger partial charge in [-0.25, -0.2) is 0 Å². The molecule has 11 heavy (non-hydrogen) atoms. The maximum atomic E-state index is 4.20. The van der Waals surface area contributed by atoms with Gasteiger partial charge in [-0.1, -0.05) is 13.8 Å². The van der Waals surface area contributed by atoms with Crippen molar-refractivity contribution in [2.24, 2.45) is 0 Å². The minimum Gasteiger partial charge on any atom is -0.383 e. The lowest BCUT2D eigenvalue weighted by Gasteiger charge is -1.93. The van der Waals surface area contributed by atoms with E-state index in [1.165, 1.54) is 11.4 Å². The number of aromatic nitrogens is 1. The van der Waals surface area contributed by atoms with Crippen molar-refractivity contribution >= 4 is 5.69 Å². The number of hydrogen-bond acceptors (Lipinski definition) is 2. The van der Waals surface area contributed by atoms with Crippen LogP contribution in [0.2, 0.25) is 0 Å². The minimum absolute atomic E-state index is 1.05. The summed E-state index contributed by atoms with van der Waals surface area (Å²) >= 11 is 0. The molecule has 2 nitrogen and oxygen atoms in total. The molecule has 2 heteroatoms. The summed E-state index contributed by atoms with van der Waals surface area (Å²) in [5.41, 5.74) is 2.41. The second-order valence-electron chi connectivity index (χ2n) is 2.17. The predicted octanol–water partition coefficient (Wildman–Crippen LogP) is 2.08. The summed E-state index contributed by atoms with van der Waals surface area (Å²) in [5.74, 6) is 0. The largest absolute Gasteiger partial charge is 0.383 e. The van der Waals surface area contributed by atoms with E-state index in [9.17, 15) is 0 Å². The fourth-order valence-electron chi connectivity index (χ4n) is 1.11. The number of anilines is 1. The number of hydrogen-bond donors (Lipinski definition) is 1. The van der Waals surface area contributed by atoms with Gasteiger partial charge in [-0.2, -0.15) is 0 Å². The van der Waals surface area contributed by atoms with Gasteiger partial charge in [0.2, 0.25) is 0 Å². The molecule has 2 heterocycles. The van der Waals surface area contributed by atoms with E-state index in [1.807, 2.05) is 26.1 Å². The summed E-state index contributed by atoms with van der Waals surface area (Å²) in [6.45, 7) is 5.05. The summed E-state index contributed by atoms with van der Waals surface area (Å²) < 4.78 is 0. The number of fused-ring (bicyclic) bond motifs is 1. The van der Waals surface area contributed by atoms with Crippen molar-refractivity contribution in [3.63, 3.8) is 0 Å². The molecule has 1 aliphatic heterocycles. The number of rotatable bonds is 0. The summed E-state index contributed by atoms with van der Waals surface area (Å²) in [4.78, 5) is 4.20. The van der Waals surface area contributed by atoms with Crippen LogP contribution in [0, 0.1) is 0 Å². The van der Waals surface area contributed by atoms with E-state index in [4.69, 9.17) is 0 Å². The molecule has 60 valence electrons. The first-order chi connectivity index (χ1) is 5.47. The van der Waals surface area contributed by atoms with Crippen LogP contribution in [0.5, 0.6) is 0 Å². The molecule has 0 saturated carbocycles. The lowest BCUT2D eigenvalue weighted by molar-refractivity contribution is 1.04. The van der Waals surface area contributed by atoms with E-state index in [1.54, 1.807) is 0 Å². The maximum Gasteiger partial charge on any atom is 0.0652 e. The van der Waals surface area contributed by atoms with Crippen molar-refractivity contribution in [3.8, 4) is 0 Å². The third kappa shape index (κ3) is 1.70. The Morgan fingerprint density at radius 1 is 1.45 bits per heavy atom. The molecule has 1 N–H and O–H groups in total. The minimum atomic E-state index is 1.05. The molecule has 0 saturated heterocycles. The molecule has 0 bridgehead atoms. The highest BCUT2D eigenvalue weighted by atomic mass is 14.9. The van der Waals surface area contributed by atoms with Crippen molar-refractivity contribution in [2.75, 3.05) is 11.9 Å². The lowest BCUT2D eigenvalue weighted by Crippen LogP contribution is -1.90. The molecule has 0 amide bonds. The fourth-order valence-corrected chi connectivity index (χ4v) is 1.11. The molecule has 2 rings (SSSR count). The Morgan fingerprint density at radius 2 is 2.27 bits per heavy atom. The Morgan fingerprint density at radius 3 is 3.00 bits per heavy atom. The van der Waals surface area contributed by atoms with Crippen molar-refractivity contribution in [2.45, 2.75) is 20.3 Å². The predicted molar refractivity (Wildman–Crippen MR) is 47.8 cm³/mol. The van der Waals surface area contributed by atoms with E-state index >= 15 is 0 Å². The van der Waals surface area contributed by atoms with Crippen LogP contribution in [0.1, 0.15) is 19.5 Å². The maximum absolute atomic E-state index is 4.20. The third-order valence-electron chi connectivity index (χ3n) is 1.57. The van der Waals surface area contributed by atoms with Gasteiger partial charge in [0.25, 0.3) is 0 Å². The zero-order valence-corrected chi connectivity index (χ0v) is 7.09. The lowest BCUT2D eigenvalue weighted by atomic mass is 10.3. The zero-order chi connectivity index (χ0) is 8.10. The molecule has 0 unspecified atom stereocenters. The molecule has 0 fully saturated rings. The second kappa shape index (κ2) is 3.96. The quantitative estimate of drug-likeness (QED) is 0.612. The van der Waals surface area contributed by atoms with Gasteiger partial charge in [0.1, 0.15) is 0 Å². The first-order valence-corrected chi connectivity index (χ1v) is 4.14. The van der Waals surface area contributed by atoms with Crippen LogP contribution in [-0.4, -0.2) is 11.5 Å². The average molecular weight is 150 g/mol. The summed E-state index contributed by atoms with van der Waals surface area (Å²) in [6.07, 6.45) is 2.92. The Bertz CT molecular complexity index is 198. The Kier molecular flexibility index (Phi) is 2.90. The summed E-state index contributed by atoms with van der Waals surface area (Å²) in [7, 11) is 0. The molecular weight excluding hydrogens is 136 g/mol. The Balaban J connectivity index is 0.000000281. The smallest absolute Gasteiger partial charge is 0.0652 e. The first-order valence-electron chi connectivity index (χ1n) is 4.14. The monoisotopic (exact) mass is 150 g/mol. The third-order valence-corrected chi connectivity index (χ3v) is 1.57. The van der Waals surface area contributed by atoms with Crippen LogP contribution >= 0.6 is 0 Å². The Labute approximate surface area is 67.7 Å². The van der Waals surface area contributed by atoms with Crippen LogP contribution in [0.4, 0.5) is 5.69 Å². The van der Waals surface area contributed by atoms with E-state index in [0.29, 0.717) is 0 Å². The van der Waals surface area contributed by atoms with E-state index in [2.05, 4.69) is 16.4 Å². The second-order valence-corrected chi connectivity index (χ2v) is 2.17. The molecule has 0 aliphatic carbocycles. The fraction of sp³-hybridized carbons (Fsp3) is 0.444. The van der Waals surface area contributed by atoms with Gasteiger partial charge < -0.3 is 5.32 Å². The van der Waals surface area contributed by atoms with E-state index < -0.39 is 0 Å². The molecule has 0 spiro atoms. The highest BCUT2D eigenvalue weighted by molar-refractivity contribution is 5.51. The first kappa shape index (κ1) is 8.05. The van der Waals surface area contributed by atoms with Crippen molar-refractivity contribution in [1.29, 1.82) is 0 Å². The summed E-state index contributed by atoms with van der Waals surface area (Å²) in [5, 5.41) is 3.24. The molecule has 1 aromatic rings. The number of nitrogens with zero attached hydrogens (tertiary/aromatic N) is 1. The van der Waals surface area contributed by atoms with Crippen LogP contribution in [0.25, 0.3) is 0 Å². The summed E-state index contributed by atoms with van der Waals surface area (Å²) in [6, 6.07) is 4.02. The van der Waals surface area contributed by atoms with Gasteiger partial charge in [0.15, 0.2) is 0 Å². The van der Waals surface area contributed by atoms with Crippen molar-refractivity contribution in [1.82, 2.24) is 4.98 Å². The Hall–Kier alpha value is -1.05. The SMILES string of the molecule is CC.c1cnc2c(c1)NCC2. The van der Waals surface area contributed by atoms with Crippen LogP contribution in [0.3, 0.4) is 0 Å². The van der Waals surface area contributed by atoms with Crippen LogP contribution in [-0.2, 0) is 6.42 Å². The van der Waals surface area contributed by atoms with Gasteiger partial charge in [-0.3, -0.25) is 4.98 Å². The average Bonchev–Trinajstić information content (AvgIpc) is 2.55. The van der Waals surface area contributed by atoms with Gasteiger partial charge in [-0.15, -0.1) is 0 Å². The van der Waals surface area contributed by atoms with E-state index in [0.717, 1.165) is 13.0 Å².